The Morgan fingerprint density at radius 1 is 1.12 bits per heavy atom. The van der Waals surface area contributed by atoms with Gasteiger partial charge in [0.2, 0.25) is 11.8 Å². The first kappa shape index (κ1) is 27.6. The maximum atomic E-state index is 12.5. The number of nitrogens with zero attached hydrogens (tertiary/aromatic N) is 5. The van der Waals surface area contributed by atoms with Gasteiger partial charge in [-0.1, -0.05) is 0 Å². The highest BCUT2D eigenvalue weighted by atomic mass is 32.1. The highest BCUT2D eigenvalue weighted by Crippen LogP contribution is 2.42. The number of thiophene rings is 1. The summed E-state index contributed by atoms with van der Waals surface area (Å²) in [6.07, 6.45) is 1.68. The number of ether oxygens (including phenoxy) is 2. The second-order valence-corrected chi connectivity index (χ2v) is 11.4. The molecule has 1 aliphatic heterocycles. The number of methoxy groups -OCH3 is 1. The molecule has 0 unspecified atom stereocenters. The fourth-order valence-corrected chi connectivity index (χ4v) is 5.87. The van der Waals surface area contributed by atoms with Gasteiger partial charge in [-0.25, -0.2) is 15.0 Å². The third kappa shape index (κ3) is 5.52. The number of aromatic nitrogens is 3. The van der Waals surface area contributed by atoms with Crippen LogP contribution in [-0.2, 0) is 0 Å². The van der Waals surface area contributed by atoms with Crippen LogP contribution in [0.25, 0.3) is 21.3 Å². The molecular formula is C29H35N7O3S. The molecule has 1 fully saturated rings. The number of aryl methyl sites for hydroxylation is 2. The topological polar surface area (TPSA) is 119 Å². The molecule has 1 aliphatic rings. The maximum absolute atomic E-state index is 12.5. The van der Waals surface area contributed by atoms with Crippen molar-refractivity contribution < 1.29 is 14.3 Å². The van der Waals surface area contributed by atoms with Crippen LogP contribution < -0.4 is 25.4 Å². The molecule has 4 heterocycles. The van der Waals surface area contributed by atoms with Gasteiger partial charge in [0.05, 0.1) is 35.3 Å². The fourth-order valence-electron chi connectivity index (χ4n) is 4.89. The lowest BCUT2D eigenvalue weighted by molar-refractivity contribution is 0.100. The van der Waals surface area contributed by atoms with E-state index in [9.17, 15) is 4.79 Å². The molecule has 0 spiro atoms. The molecule has 1 saturated heterocycles. The van der Waals surface area contributed by atoms with Crippen molar-refractivity contribution in [2.24, 2.45) is 5.73 Å². The van der Waals surface area contributed by atoms with E-state index in [1.54, 1.807) is 13.3 Å². The third-order valence-electron chi connectivity index (χ3n) is 6.87. The largest absolute Gasteiger partial charge is 0.489 e. The second-order valence-electron chi connectivity index (χ2n) is 10.3. The van der Waals surface area contributed by atoms with Crippen LogP contribution in [-0.4, -0.2) is 72.2 Å². The van der Waals surface area contributed by atoms with Crippen LogP contribution in [0.1, 0.15) is 34.8 Å². The Morgan fingerprint density at radius 3 is 2.55 bits per heavy atom. The van der Waals surface area contributed by atoms with Crippen LogP contribution in [0.15, 0.2) is 30.5 Å². The van der Waals surface area contributed by atoms with E-state index < -0.39 is 5.91 Å². The first-order chi connectivity index (χ1) is 19.1. The molecular weight excluding hydrogens is 526 g/mol. The SMILES string of the molecule is COc1nc(C)ccc1-c1c(C(N)=O)sc2cnc(Nc3cc(C)c(N4CCN(C)CC4)cc3OC(C)C)nc12. The number of nitrogens with two attached hydrogens (primary N) is 1. The van der Waals surface area contributed by atoms with Crippen molar-refractivity contribution in [2.45, 2.75) is 33.8 Å². The number of anilines is 3. The molecule has 0 aliphatic carbocycles. The quantitative estimate of drug-likeness (QED) is 0.314. The molecule has 10 nitrogen and oxygen atoms in total. The number of primary amides is 1. The molecule has 0 saturated carbocycles. The average Bonchev–Trinajstić information content (AvgIpc) is 3.29. The smallest absolute Gasteiger partial charge is 0.259 e. The Kier molecular flexibility index (Phi) is 7.77. The van der Waals surface area contributed by atoms with Crippen LogP contribution in [0, 0.1) is 13.8 Å². The number of carbonyl (C=O) groups excluding carboxylic acids is 1. The van der Waals surface area contributed by atoms with E-state index in [1.807, 2.05) is 32.9 Å². The third-order valence-corrected chi connectivity index (χ3v) is 8.00. The predicted octanol–water partition coefficient (Wildman–Crippen LogP) is 4.76. The number of pyridine rings is 1. The van der Waals surface area contributed by atoms with Crippen LogP contribution in [0.3, 0.4) is 0 Å². The van der Waals surface area contributed by atoms with Gasteiger partial charge < -0.3 is 30.3 Å². The first-order valence-electron chi connectivity index (χ1n) is 13.3. The van der Waals surface area contributed by atoms with Gasteiger partial charge >= 0.3 is 0 Å². The molecule has 1 amide bonds. The van der Waals surface area contributed by atoms with Crippen molar-refractivity contribution in [2.75, 3.05) is 50.6 Å². The Bertz CT molecular complexity index is 1560. The lowest BCUT2D eigenvalue weighted by atomic mass is 10.1. The standard InChI is InChI=1S/C29H35N7O3S/c1-16(2)39-22-14-21(36-11-9-35(5)10-12-36)17(3)13-20(22)33-29-31-15-23-25(34-29)24(26(40-23)27(30)37)19-8-7-18(4)32-28(19)38-6/h7-8,13-16H,9-12H2,1-6H3,(H2,30,37)(H,31,33,34). The number of fused-ring (bicyclic) bond motifs is 1. The summed E-state index contributed by atoms with van der Waals surface area (Å²) in [5.41, 5.74) is 11.5. The summed E-state index contributed by atoms with van der Waals surface area (Å²) in [4.78, 5) is 31.5. The first-order valence-corrected chi connectivity index (χ1v) is 14.1. The van der Waals surface area contributed by atoms with E-state index in [2.05, 4.69) is 51.2 Å². The Hall–Kier alpha value is -3.96. The number of hydrogen-bond donors (Lipinski definition) is 2. The molecule has 0 atom stereocenters. The number of hydrogen-bond acceptors (Lipinski definition) is 10. The zero-order valence-electron chi connectivity index (χ0n) is 23.7. The van der Waals surface area contributed by atoms with Gasteiger partial charge in [-0.15, -0.1) is 11.3 Å². The number of carbonyl (C=O) groups is 1. The summed E-state index contributed by atoms with van der Waals surface area (Å²) in [5, 5.41) is 3.37. The van der Waals surface area contributed by atoms with E-state index >= 15 is 0 Å². The summed E-state index contributed by atoms with van der Waals surface area (Å²) >= 11 is 1.25. The molecule has 40 heavy (non-hydrogen) atoms. The van der Waals surface area contributed by atoms with Crippen molar-refractivity contribution in [1.29, 1.82) is 0 Å². The predicted molar refractivity (Wildman–Crippen MR) is 160 cm³/mol. The van der Waals surface area contributed by atoms with Crippen molar-refractivity contribution in [1.82, 2.24) is 19.9 Å². The van der Waals surface area contributed by atoms with Gasteiger partial charge in [-0.3, -0.25) is 4.79 Å². The molecule has 5 rings (SSSR count). The lowest BCUT2D eigenvalue weighted by Gasteiger charge is -2.35. The zero-order chi connectivity index (χ0) is 28.6. The summed E-state index contributed by atoms with van der Waals surface area (Å²) < 4.78 is 12.5. The molecule has 0 radical (unpaired) electrons. The molecule has 0 bridgehead atoms. The molecule has 11 heteroatoms. The number of likely N-dealkylation sites (N-methyl/N-ethyl adjacent to an activating group) is 1. The van der Waals surface area contributed by atoms with Crippen LogP contribution >= 0.6 is 11.3 Å². The van der Waals surface area contributed by atoms with Gasteiger partial charge in [-0.05, 0) is 58.5 Å². The second kappa shape index (κ2) is 11.3. The minimum atomic E-state index is -0.544. The summed E-state index contributed by atoms with van der Waals surface area (Å²) in [6, 6.07) is 7.92. The van der Waals surface area contributed by atoms with Gasteiger partial charge in [0, 0.05) is 54.8 Å². The van der Waals surface area contributed by atoms with Gasteiger partial charge in [0.1, 0.15) is 10.6 Å². The maximum Gasteiger partial charge on any atom is 0.259 e. The number of piperazine rings is 1. The summed E-state index contributed by atoms with van der Waals surface area (Å²) in [7, 11) is 3.70. The molecule has 210 valence electrons. The number of benzene rings is 1. The van der Waals surface area contributed by atoms with E-state index in [4.69, 9.17) is 20.2 Å². The number of rotatable bonds is 8. The van der Waals surface area contributed by atoms with Gasteiger partial charge in [0.25, 0.3) is 5.91 Å². The van der Waals surface area contributed by atoms with E-state index in [0.29, 0.717) is 33.3 Å². The van der Waals surface area contributed by atoms with Crippen LogP contribution in [0.4, 0.5) is 17.3 Å². The fraction of sp³-hybridized carbons (Fsp3) is 0.379. The van der Waals surface area contributed by atoms with Crippen molar-refractivity contribution in [3.8, 4) is 22.8 Å². The number of amides is 1. The molecule has 1 aromatic carbocycles. The molecule has 3 N–H and O–H groups in total. The van der Waals surface area contributed by atoms with E-state index in [1.165, 1.54) is 11.3 Å². The summed E-state index contributed by atoms with van der Waals surface area (Å²) in [5.74, 6) is 0.962. The van der Waals surface area contributed by atoms with Crippen molar-refractivity contribution in [3.05, 3.63) is 46.6 Å². The average molecular weight is 562 g/mol. The van der Waals surface area contributed by atoms with Gasteiger partial charge in [-0.2, -0.15) is 0 Å². The van der Waals surface area contributed by atoms with Crippen molar-refractivity contribution in [3.63, 3.8) is 0 Å². The monoisotopic (exact) mass is 561 g/mol. The molecule has 3 aromatic heterocycles. The van der Waals surface area contributed by atoms with Crippen LogP contribution in [0.2, 0.25) is 0 Å². The lowest BCUT2D eigenvalue weighted by Crippen LogP contribution is -2.44. The normalized spacial score (nSPS) is 14.1. The Labute approximate surface area is 238 Å². The van der Waals surface area contributed by atoms with Crippen LogP contribution in [0.5, 0.6) is 11.6 Å². The highest BCUT2D eigenvalue weighted by molar-refractivity contribution is 7.21. The van der Waals surface area contributed by atoms with E-state index in [0.717, 1.165) is 59.3 Å². The zero-order valence-corrected chi connectivity index (χ0v) is 24.6. The Balaban J connectivity index is 1.57. The van der Waals surface area contributed by atoms with Crippen molar-refractivity contribution >= 4 is 44.8 Å². The minimum Gasteiger partial charge on any atom is -0.489 e. The minimum absolute atomic E-state index is 0.0184. The van der Waals surface area contributed by atoms with Gasteiger partial charge in [0.15, 0.2) is 0 Å². The highest BCUT2D eigenvalue weighted by Gasteiger charge is 2.24. The molecule has 4 aromatic rings. The van der Waals surface area contributed by atoms with E-state index in [-0.39, 0.29) is 6.10 Å². The Morgan fingerprint density at radius 2 is 1.88 bits per heavy atom. The number of nitrogens with one attached hydrogen (secondary N) is 1. The summed E-state index contributed by atoms with van der Waals surface area (Å²) in [6.45, 7) is 12.0.